The third kappa shape index (κ3) is 8.48. The molecule has 0 bridgehead atoms. The van der Waals surface area contributed by atoms with E-state index in [1.165, 1.54) is 12.3 Å². The zero-order chi connectivity index (χ0) is 36.2. The van der Waals surface area contributed by atoms with Gasteiger partial charge in [-0.25, -0.2) is 22.8 Å². The van der Waals surface area contributed by atoms with Gasteiger partial charge in [0.05, 0.1) is 37.7 Å². The average molecular weight is 737 g/mol. The summed E-state index contributed by atoms with van der Waals surface area (Å²) in [5.41, 5.74) is 2.00. The molecule has 0 aliphatic carbocycles. The van der Waals surface area contributed by atoms with Crippen molar-refractivity contribution in [1.29, 1.82) is 0 Å². The number of fused-ring (bicyclic) bond motifs is 1. The molecular weight excluding hydrogens is 688 g/mol. The molecule has 4 aliphatic rings. The summed E-state index contributed by atoms with van der Waals surface area (Å²) in [5, 5.41) is 5.22. The van der Waals surface area contributed by atoms with Crippen molar-refractivity contribution in [1.82, 2.24) is 24.8 Å². The summed E-state index contributed by atoms with van der Waals surface area (Å²) < 4.78 is 50.5. The van der Waals surface area contributed by atoms with E-state index in [1.807, 2.05) is 22.1 Å². The quantitative estimate of drug-likeness (QED) is 0.203. The van der Waals surface area contributed by atoms with Crippen molar-refractivity contribution < 1.29 is 27.1 Å². The van der Waals surface area contributed by atoms with Gasteiger partial charge in [0.15, 0.2) is 0 Å². The first-order valence-electron chi connectivity index (χ1n) is 18.3. The predicted octanol–water partition coefficient (Wildman–Crippen LogP) is 3.75. The van der Waals surface area contributed by atoms with Gasteiger partial charge >= 0.3 is 0 Å². The highest BCUT2D eigenvalue weighted by molar-refractivity contribution is 7.90. The molecule has 15 heteroatoms. The van der Waals surface area contributed by atoms with Gasteiger partial charge in [0.25, 0.3) is 0 Å². The van der Waals surface area contributed by atoms with Crippen molar-refractivity contribution >= 4 is 49.8 Å². The van der Waals surface area contributed by atoms with E-state index in [0.29, 0.717) is 56.8 Å². The fourth-order valence-corrected chi connectivity index (χ4v) is 9.02. The van der Waals surface area contributed by atoms with Crippen LogP contribution in [0.25, 0.3) is 10.8 Å². The maximum absolute atomic E-state index is 15.3. The van der Waals surface area contributed by atoms with E-state index in [-0.39, 0.29) is 30.2 Å². The SMILES string of the molecule is C=CC(=O)N1CCC[C@H]1c1ccc(N2CC(CS(C)(=O)=O)C2)c2cnc(Nc3ccnc(N4CC[C@@H](OCCCN5CCOCC5)[C@@H](F)C4)n3)cc12. The van der Waals surface area contributed by atoms with Gasteiger partial charge in [0, 0.05) is 88.1 Å². The number of halogens is 1. The lowest BCUT2D eigenvalue weighted by molar-refractivity contribution is -0.126. The number of anilines is 4. The van der Waals surface area contributed by atoms with Crippen LogP contribution in [0.4, 0.5) is 27.7 Å². The number of carbonyl (C=O) groups excluding carboxylic acids is 1. The predicted molar refractivity (Wildman–Crippen MR) is 200 cm³/mol. The fraction of sp³-hybridized carbons (Fsp3) is 0.568. The van der Waals surface area contributed by atoms with Gasteiger partial charge in [-0.3, -0.25) is 9.69 Å². The van der Waals surface area contributed by atoms with Crippen LogP contribution in [0.1, 0.15) is 37.3 Å². The van der Waals surface area contributed by atoms with E-state index in [9.17, 15) is 13.2 Å². The summed E-state index contributed by atoms with van der Waals surface area (Å²) >= 11 is 0. The van der Waals surface area contributed by atoms with Gasteiger partial charge in [0.1, 0.15) is 27.6 Å². The molecular formula is C37H49FN8O5S. The number of nitrogens with zero attached hydrogens (tertiary/aromatic N) is 7. The number of rotatable bonds is 13. The number of hydrogen-bond acceptors (Lipinski definition) is 12. The van der Waals surface area contributed by atoms with E-state index in [1.54, 1.807) is 12.3 Å². The van der Waals surface area contributed by atoms with E-state index in [4.69, 9.17) is 19.4 Å². The minimum Gasteiger partial charge on any atom is -0.379 e. The minimum absolute atomic E-state index is 0.0812. The fourth-order valence-electron chi connectivity index (χ4n) is 7.95. The van der Waals surface area contributed by atoms with Crippen molar-refractivity contribution in [2.24, 2.45) is 5.92 Å². The second-order valence-corrected chi connectivity index (χ2v) is 16.6. The molecule has 0 saturated carbocycles. The zero-order valence-electron chi connectivity index (χ0n) is 29.8. The molecule has 3 aromatic rings. The number of alkyl halides is 1. The van der Waals surface area contributed by atoms with Crippen molar-refractivity contribution in [3.8, 4) is 0 Å². The standard InChI is InChI=1S/C37H49FN8O5S/c1-3-36(47)46-13-4-6-32(46)27-7-8-31(45-22-26(23-45)25-52(2,48)49)29-21-40-35(20-28(27)29)41-34-9-11-39-37(42-34)44-14-10-33(30(38)24-44)51-17-5-12-43-15-18-50-19-16-43/h3,7-9,11,20-21,26,30,32-33H,1,4-6,10,12-19,22-25H2,2H3,(H,39,40,41,42)/t30-,32-,33+/m0/s1. The molecule has 2 aromatic heterocycles. The summed E-state index contributed by atoms with van der Waals surface area (Å²) in [4.78, 5) is 35.0. The number of piperidine rings is 1. The number of likely N-dealkylation sites (tertiary alicyclic amines) is 1. The number of amides is 1. The van der Waals surface area contributed by atoms with E-state index >= 15 is 4.39 Å². The Balaban J connectivity index is 1.05. The molecule has 4 saturated heterocycles. The van der Waals surface area contributed by atoms with E-state index in [2.05, 4.69) is 38.8 Å². The molecule has 1 N–H and O–H groups in total. The molecule has 7 rings (SSSR count). The van der Waals surface area contributed by atoms with Crippen molar-refractivity contribution in [3.63, 3.8) is 0 Å². The van der Waals surface area contributed by atoms with Gasteiger partial charge in [-0.2, -0.15) is 4.98 Å². The van der Waals surface area contributed by atoms with Crippen LogP contribution in [0.5, 0.6) is 0 Å². The summed E-state index contributed by atoms with van der Waals surface area (Å²) in [7, 11) is -3.06. The first-order valence-corrected chi connectivity index (χ1v) is 20.4. The molecule has 4 aliphatic heterocycles. The van der Waals surface area contributed by atoms with Crippen molar-refractivity contribution in [2.75, 3.05) is 99.3 Å². The molecule has 52 heavy (non-hydrogen) atoms. The molecule has 0 spiro atoms. The molecule has 0 unspecified atom stereocenters. The molecule has 6 heterocycles. The lowest BCUT2D eigenvalue weighted by atomic mass is 9.94. The Labute approximate surface area is 305 Å². The lowest BCUT2D eigenvalue weighted by Crippen LogP contribution is -2.49. The smallest absolute Gasteiger partial charge is 0.246 e. The molecule has 1 aromatic carbocycles. The summed E-state index contributed by atoms with van der Waals surface area (Å²) in [6, 6.07) is 7.78. The Morgan fingerprint density at radius 1 is 1.06 bits per heavy atom. The van der Waals surface area contributed by atoms with Gasteiger partial charge in [-0.05, 0) is 60.9 Å². The van der Waals surface area contributed by atoms with Crippen LogP contribution < -0.4 is 15.1 Å². The number of hydrogen-bond donors (Lipinski definition) is 1. The van der Waals surface area contributed by atoms with Crippen LogP contribution in [0, 0.1) is 5.92 Å². The van der Waals surface area contributed by atoms with Gasteiger partial charge in [-0.15, -0.1) is 0 Å². The number of benzene rings is 1. The minimum atomic E-state index is -3.06. The average Bonchev–Trinajstić information content (AvgIpc) is 3.61. The molecule has 4 fully saturated rings. The summed E-state index contributed by atoms with van der Waals surface area (Å²) in [5.74, 6) is 1.69. The maximum Gasteiger partial charge on any atom is 0.246 e. The van der Waals surface area contributed by atoms with E-state index in [0.717, 1.165) is 74.1 Å². The first kappa shape index (κ1) is 36.4. The number of morpholine rings is 1. The second kappa shape index (κ2) is 16.0. The molecule has 13 nitrogen and oxygen atoms in total. The number of pyridine rings is 1. The highest BCUT2D eigenvalue weighted by Crippen LogP contribution is 2.41. The Morgan fingerprint density at radius 2 is 1.88 bits per heavy atom. The van der Waals surface area contributed by atoms with Crippen LogP contribution in [0.15, 0.2) is 49.3 Å². The number of carbonyl (C=O) groups is 1. The van der Waals surface area contributed by atoms with Gasteiger partial charge in [-0.1, -0.05) is 12.6 Å². The summed E-state index contributed by atoms with van der Waals surface area (Å²) in [6.07, 6.45) is 7.69. The van der Waals surface area contributed by atoms with Crippen molar-refractivity contribution in [2.45, 2.75) is 44.0 Å². The third-order valence-corrected chi connectivity index (χ3v) is 11.6. The topological polar surface area (TPSA) is 133 Å². The van der Waals surface area contributed by atoms with Gasteiger partial charge in [0.2, 0.25) is 11.9 Å². The maximum atomic E-state index is 15.3. The van der Waals surface area contributed by atoms with Crippen molar-refractivity contribution in [3.05, 3.63) is 54.9 Å². The first-order chi connectivity index (χ1) is 25.1. The number of aromatic nitrogens is 3. The third-order valence-electron chi connectivity index (χ3n) is 10.5. The normalized spacial score (nSPS) is 23.2. The Hall–Kier alpha value is -3.92. The number of ether oxygens (including phenoxy) is 2. The number of nitrogens with one attached hydrogen (secondary N) is 1. The van der Waals surface area contributed by atoms with E-state index < -0.39 is 22.1 Å². The largest absolute Gasteiger partial charge is 0.379 e. The van der Waals surface area contributed by atoms with Crippen LogP contribution in [0.2, 0.25) is 0 Å². The zero-order valence-corrected chi connectivity index (χ0v) is 30.6. The lowest BCUT2D eigenvalue weighted by Gasteiger charge is -2.41. The summed E-state index contributed by atoms with van der Waals surface area (Å²) in [6.45, 7) is 11.3. The highest BCUT2D eigenvalue weighted by Gasteiger charge is 2.34. The Morgan fingerprint density at radius 3 is 2.65 bits per heavy atom. The molecule has 280 valence electrons. The monoisotopic (exact) mass is 736 g/mol. The molecule has 3 atom stereocenters. The van der Waals surface area contributed by atoms with Crippen LogP contribution in [-0.4, -0.2) is 136 Å². The Kier molecular flexibility index (Phi) is 11.2. The molecule has 1 amide bonds. The van der Waals surface area contributed by atoms with Gasteiger partial charge < -0.3 is 29.5 Å². The van der Waals surface area contributed by atoms with Crippen LogP contribution in [0.3, 0.4) is 0 Å². The van der Waals surface area contributed by atoms with Crippen LogP contribution in [-0.2, 0) is 24.1 Å². The second-order valence-electron chi connectivity index (χ2n) is 14.4. The highest BCUT2D eigenvalue weighted by atomic mass is 32.2. The molecule has 0 radical (unpaired) electrons. The Bertz CT molecular complexity index is 1850. The van der Waals surface area contributed by atoms with Crippen LogP contribution >= 0.6 is 0 Å². The number of sulfone groups is 1.